The molecule has 0 aromatic carbocycles. The first-order chi connectivity index (χ1) is 12.8. The summed E-state index contributed by atoms with van der Waals surface area (Å²) in [5, 5.41) is 3.70. The minimum absolute atomic E-state index is 0.145. The highest BCUT2D eigenvalue weighted by Gasteiger charge is 2.17. The molecular formula is C23H43FN2S. The molecule has 0 bridgehead atoms. The first kappa shape index (κ1) is 26.4. The minimum Gasteiger partial charge on any atom is -0.312 e. The van der Waals surface area contributed by atoms with Gasteiger partial charge in [0.2, 0.25) is 0 Å². The molecule has 0 heterocycles. The van der Waals surface area contributed by atoms with Gasteiger partial charge in [-0.1, -0.05) is 57.0 Å². The first-order valence-corrected chi connectivity index (χ1v) is 11.7. The molecule has 0 aliphatic heterocycles. The fourth-order valence-electron chi connectivity index (χ4n) is 3.05. The lowest BCUT2D eigenvalue weighted by Crippen LogP contribution is -2.40. The summed E-state index contributed by atoms with van der Waals surface area (Å²) in [6.07, 6.45) is 17.9. The highest BCUT2D eigenvalue weighted by atomic mass is 32.2. The number of hydrogen-bond donors (Lipinski definition) is 1. The van der Waals surface area contributed by atoms with Gasteiger partial charge in [0, 0.05) is 18.6 Å². The van der Waals surface area contributed by atoms with E-state index in [9.17, 15) is 4.39 Å². The molecule has 1 N–H and O–H groups in total. The summed E-state index contributed by atoms with van der Waals surface area (Å²) >= 11 is 1.86. The molecule has 2 nitrogen and oxygen atoms in total. The molecule has 0 fully saturated rings. The fourth-order valence-corrected chi connectivity index (χ4v) is 3.73. The third kappa shape index (κ3) is 16.1. The van der Waals surface area contributed by atoms with Crippen molar-refractivity contribution in [2.24, 2.45) is 5.92 Å². The standard InChI is InChI=1S/C23H43FN2S/c1-7-9-10-13-22(15-14-21(3)24)16-18-25-23(4,5)17-11-12-20-26(27-6)19-8-2/h9-10,14-15,22,25H,3,7-8,11-13,16-20H2,1-2,4-6H3/b10-9-,15-14?. The number of nitrogens with zero attached hydrogens (tertiary/aromatic N) is 1. The van der Waals surface area contributed by atoms with Gasteiger partial charge in [-0.25, -0.2) is 4.39 Å². The van der Waals surface area contributed by atoms with E-state index >= 15 is 0 Å². The lowest BCUT2D eigenvalue weighted by Gasteiger charge is -2.28. The zero-order valence-corrected chi connectivity index (χ0v) is 19.2. The summed E-state index contributed by atoms with van der Waals surface area (Å²) in [5.41, 5.74) is 0.145. The van der Waals surface area contributed by atoms with Crippen LogP contribution in [-0.4, -0.2) is 35.7 Å². The van der Waals surface area contributed by atoms with Gasteiger partial charge in [0.25, 0.3) is 0 Å². The average Bonchev–Trinajstić information content (AvgIpc) is 2.61. The number of nitrogens with one attached hydrogen (secondary N) is 1. The second kappa shape index (κ2) is 16.4. The Kier molecular flexibility index (Phi) is 16.0. The maximum Gasteiger partial charge on any atom is 0.115 e. The smallest absolute Gasteiger partial charge is 0.115 e. The lowest BCUT2D eigenvalue weighted by molar-refractivity contribution is 0.332. The molecule has 158 valence electrons. The second-order valence-electron chi connectivity index (χ2n) is 7.85. The average molecular weight is 399 g/mol. The fraction of sp³-hybridized carbons (Fsp3) is 0.739. The number of rotatable bonds is 17. The van der Waals surface area contributed by atoms with Crippen molar-refractivity contribution in [3.8, 4) is 0 Å². The van der Waals surface area contributed by atoms with E-state index in [1.54, 1.807) is 0 Å². The van der Waals surface area contributed by atoms with Crippen molar-refractivity contribution in [1.29, 1.82) is 0 Å². The number of halogens is 1. The molecule has 0 spiro atoms. The molecule has 0 aromatic rings. The molecule has 0 rings (SSSR count). The van der Waals surface area contributed by atoms with Gasteiger partial charge in [-0.15, -0.1) is 0 Å². The van der Waals surface area contributed by atoms with Crippen molar-refractivity contribution >= 4 is 11.9 Å². The van der Waals surface area contributed by atoms with Crippen LogP contribution in [0.15, 0.2) is 36.7 Å². The molecule has 27 heavy (non-hydrogen) atoms. The summed E-state index contributed by atoms with van der Waals surface area (Å²) in [5.74, 6) is -0.0112. The molecule has 0 aliphatic rings. The molecule has 0 aromatic heterocycles. The molecule has 1 unspecified atom stereocenters. The predicted molar refractivity (Wildman–Crippen MR) is 123 cm³/mol. The van der Waals surface area contributed by atoms with Crippen molar-refractivity contribution < 1.29 is 4.39 Å². The number of unbranched alkanes of at least 4 members (excludes halogenated alkanes) is 1. The Morgan fingerprint density at radius 3 is 2.56 bits per heavy atom. The van der Waals surface area contributed by atoms with Crippen LogP contribution in [0.25, 0.3) is 0 Å². The molecule has 0 radical (unpaired) electrons. The molecule has 0 amide bonds. The van der Waals surface area contributed by atoms with Gasteiger partial charge in [-0.2, -0.15) is 0 Å². The highest BCUT2D eigenvalue weighted by Crippen LogP contribution is 2.17. The maximum absolute atomic E-state index is 12.9. The highest BCUT2D eigenvalue weighted by molar-refractivity contribution is 7.96. The first-order valence-electron chi connectivity index (χ1n) is 10.6. The topological polar surface area (TPSA) is 15.3 Å². The van der Waals surface area contributed by atoms with Crippen molar-refractivity contribution in [3.63, 3.8) is 0 Å². The Labute approximate surface area is 172 Å². The van der Waals surface area contributed by atoms with E-state index in [0.29, 0.717) is 5.92 Å². The zero-order valence-electron chi connectivity index (χ0n) is 18.4. The van der Waals surface area contributed by atoms with E-state index in [-0.39, 0.29) is 11.4 Å². The van der Waals surface area contributed by atoms with Crippen LogP contribution >= 0.6 is 11.9 Å². The quantitative estimate of drug-likeness (QED) is 0.124. The maximum atomic E-state index is 12.9. The summed E-state index contributed by atoms with van der Waals surface area (Å²) in [7, 11) is 0. The van der Waals surface area contributed by atoms with E-state index in [1.807, 2.05) is 18.0 Å². The van der Waals surface area contributed by atoms with E-state index in [1.165, 1.54) is 44.8 Å². The third-order valence-electron chi connectivity index (χ3n) is 4.70. The molecular weight excluding hydrogens is 355 g/mol. The second-order valence-corrected chi connectivity index (χ2v) is 8.73. The van der Waals surface area contributed by atoms with Gasteiger partial charge in [0.1, 0.15) is 5.83 Å². The van der Waals surface area contributed by atoms with E-state index in [0.717, 1.165) is 25.8 Å². The SMILES string of the molecule is C=C(F)C=CC(C/C=C\CC)CCNC(C)(C)CCCCN(CCC)SC. The van der Waals surface area contributed by atoms with Crippen LogP contribution in [0.1, 0.15) is 72.6 Å². The Morgan fingerprint density at radius 1 is 1.22 bits per heavy atom. The molecule has 4 heteroatoms. The van der Waals surface area contributed by atoms with Crippen LogP contribution in [0.3, 0.4) is 0 Å². The minimum atomic E-state index is -0.366. The van der Waals surface area contributed by atoms with Crippen LogP contribution in [0, 0.1) is 5.92 Å². The predicted octanol–water partition coefficient (Wildman–Crippen LogP) is 6.92. The molecule has 0 saturated carbocycles. The summed E-state index contributed by atoms with van der Waals surface area (Å²) < 4.78 is 15.4. The zero-order chi connectivity index (χ0) is 20.5. The molecule has 0 saturated heterocycles. The lowest BCUT2D eigenvalue weighted by atomic mass is 9.95. The summed E-state index contributed by atoms with van der Waals surface area (Å²) in [4.78, 5) is 0. The van der Waals surface area contributed by atoms with Crippen molar-refractivity contribution in [2.45, 2.75) is 78.2 Å². The monoisotopic (exact) mass is 398 g/mol. The van der Waals surface area contributed by atoms with Gasteiger partial charge in [0.15, 0.2) is 0 Å². The van der Waals surface area contributed by atoms with Crippen molar-refractivity contribution in [2.75, 3.05) is 25.9 Å². The van der Waals surface area contributed by atoms with E-state index < -0.39 is 0 Å². The van der Waals surface area contributed by atoms with Crippen LogP contribution in [-0.2, 0) is 0 Å². The van der Waals surface area contributed by atoms with E-state index in [4.69, 9.17) is 0 Å². The number of hydrogen-bond acceptors (Lipinski definition) is 3. The molecule has 1 atom stereocenters. The van der Waals surface area contributed by atoms with Crippen LogP contribution < -0.4 is 5.32 Å². The number of allylic oxidation sites excluding steroid dienone is 5. The summed E-state index contributed by atoms with van der Waals surface area (Å²) in [6, 6.07) is 0. The Bertz CT molecular complexity index is 432. The van der Waals surface area contributed by atoms with Crippen molar-refractivity contribution in [3.05, 3.63) is 36.7 Å². The normalized spacial score (nSPS) is 13.9. The Hall–Kier alpha value is -0.580. The van der Waals surface area contributed by atoms with Crippen molar-refractivity contribution in [1.82, 2.24) is 9.62 Å². The van der Waals surface area contributed by atoms with E-state index in [2.05, 4.69) is 62.3 Å². The van der Waals surface area contributed by atoms with Gasteiger partial charge in [-0.3, -0.25) is 4.31 Å². The Morgan fingerprint density at radius 2 is 1.96 bits per heavy atom. The van der Waals surface area contributed by atoms with Gasteiger partial charge in [-0.05, 0) is 77.2 Å². The summed E-state index contributed by atoms with van der Waals surface area (Å²) in [6.45, 7) is 15.6. The van der Waals surface area contributed by atoms with Gasteiger partial charge < -0.3 is 5.32 Å². The largest absolute Gasteiger partial charge is 0.312 e. The van der Waals surface area contributed by atoms with Gasteiger partial charge >= 0.3 is 0 Å². The van der Waals surface area contributed by atoms with Crippen LogP contribution in [0.5, 0.6) is 0 Å². The van der Waals surface area contributed by atoms with Crippen LogP contribution in [0.2, 0.25) is 0 Å². The third-order valence-corrected chi connectivity index (χ3v) is 5.58. The van der Waals surface area contributed by atoms with Gasteiger partial charge in [0.05, 0.1) is 0 Å². The Balaban J connectivity index is 4.22. The molecule has 0 aliphatic carbocycles. The van der Waals surface area contributed by atoms with Crippen LogP contribution in [0.4, 0.5) is 4.39 Å².